The molecule has 94 valence electrons. The third kappa shape index (κ3) is 2.48. The van der Waals surface area contributed by atoms with Gasteiger partial charge in [-0.2, -0.15) is 0 Å². The Morgan fingerprint density at radius 1 is 1.82 bits per heavy atom. The van der Waals surface area contributed by atoms with Crippen LogP contribution in [-0.4, -0.2) is 41.7 Å². The zero-order valence-electron chi connectivity index (χ0n) is 9.90. The smallest absolute Gasteiger partial charge is 0.229 e. The predicted molar refractivity (Wildman–Crippen MR) is 62.2 cm³/mol. The quantitative estimate of drug-likeness (QED) is 0.655. The summed E-state index contributed by atoms with van der Waals surface area (Å²) in [5.74, 6) is -0.0398. The Hall–Kier alpha value is -1.40. The Morgan fingerprint density at radius 2 is 2.65 bits per heavy atom. The number of nitrogens with two attached hydrogens (primary N) is 1. The molecule has 0 saturated carbocycles. The highest BCUT2D eigenvalue weighted by molar-refractivity contribution is 5.83. The van der Waals surface area contributed by atoms with Crippen molar-refractivity contribution in [2.24, 2.45) is 11.1 Å². The number of nitrogens with zero attached hydrogens (tertiary/aromatic N) is 1. The molecule has 2 atom stereocenters. The number of hydrogen-bond donors (Lipinski definition) is 3. The van der Waals surface area contributed by atoms with E-state index in [1.54, 1.807) is 12.5 Å². The zero-order valence-corrected chi connectivity index (χ0v) is 9.90. The maximum Gasteiger partial charge on any atom is 0.229 e. The maximum absolute atomic E-state index is 12.0. The van der Waals surface area contributed by atoms with E-state index in [1.807, 2.05) is 6.92 Å². The van der Waals surface area contributed by atoms with E-state index in [0.29, 0.717) is 19.8 Å². The summed E-state index contributed by atoms with van der Waals surface area (Å²) in [5, 5.41) is 2.89. The first kappa shape index (κ1) is 12.1. The molecule has 1 aliphatic heterocycles. The molecule has 1 saturated heterocycles. The highest BCUT2D eigenvalue weighted by Crippen LogP contribution is 2.26. The van der Waals surface area contributed by atoms with Crippen molar-refractivity contribution >= 4 is 5.91 Å². The Kier molecular flexibility index (Phi) is 3.44. The topological polar surface area (TPSA) is 93.0 Å². The van der Waals surface area contributed by atoms with Crippen LogP contribution in [-0.2, 0) is 16.0 Å². The summed E-state index contributed by atoms with van der Waals surface area (Å²) < 4.78 is 5.24. The molecule has 0 aliphatic carbocycles. The summed E-state index contributed by atoms with van der Waals surface area (Å²) >= 11 is 0. The molecule has 2 heterocycles. The van der Waals surface area contributed by atoms with Crippen LogP contribution in [0.1, 0.15) is 12.6 Å². The summed E-state index contributed by atoms with van der Waals surface area (Å²) in [6.45, 7) is 3.26. The first-order chi connectivity index (χ1) is 8.13. The summed E-state index contributed by atoms with van der Waals surface area (Å²) in [7, 11) is 0. The largest absolute Gasteiger partial charge is 0.379 e. The van der Waals surface area contributed by atoms with Crippen molar-refractivity contribution < 1.29 is 9.53 Å². The Bertz CT molecular complexity index is 379. The van der Waals surface area contributed by atoms with Crippen molar-refractivity contribution in [2.75, 3.05) is 19.8 Å². The fourth-order valence-electron chi connectivity index (χ4n) is 1.86. The summed E-state index contributed by atoms with van der Waals surface area (Å²) in [5.41, 5.74) is 6.28. The zero-order chi connectivity index (χ0) is 12.3. The molecule has 1 aromatic heterocycles. The molecule has 4 N–H and O–H groups in total. The second kappa shape index (κ2) is 4.85. The molecule has 1 amide bonds. The van der Waals surface area contributed by atoms with Crippen molar-refractivity contribution in [3.8, 4) is 0 Å². The molecule has 1 aromatic rings. The molecule has 1 fully saturated rings. The number of aromatic amines is 1. The average molecular weight is 238 g/mol. The molecule has 0 spiro atoms. The highest BCUT2D eigenvalue weighted by Gasteiger charge is 2.44. The minimum Gasteiger partial charge on any atom is -0.379 e. The number of hydrogen-bond acceptors (Lipinski definition) is 4. The Balaban J connectivity index is 1.81. The van der Waals surface area contributed by atoms with Crippen LogP contribution in [0.25, 0.3) is 0 Å². The van der Waals surface area contributed by atoms with E-state index in [9.17, 15) is 4.79 Å². The molecule has 6 heteroatoms. The van der Waals surface area contributed by atoms with E-state index >= 15 is 0 Å². The minimum absolute atomic E-state index is 0.0398. The van der Waals surface area contributed by atoms with Crippen LogP contribution >= 0.6 is 0 Å². The van der Waals surface area contributed by atoms with Gasteiger partial charge in [0.15, 0.2) is 0 Å². The molecular formula is C11H18N4O2. The Labute approximate surface area is 99.9 Å². The minimum atomic E-state index is -0.603. The van der Waals surface area contributed by atoms with Crippen LogP contribution in [0.2, 0.25) is 0 Å². The Morgan fingerprint density at radius 3 is 3.24 bits per heavy atom. The van der Waals surface area contributed by atoms with Crippen molar-refractivity contribution in [1.82, 2.24) is 15.3 Å². The van der Waals surface area contributed by atoms with E-state index in [-0.39, 0.29) is 11.9 Å². The van der Waals surface area contributed by atoms with Crippen molar-refractivity contribution in [3.63, 3.8) is 0 Å². The van der Waals surface area contributed by atoms with Crippen molar-refractivity contribution in [1.29, 1.82) is 0 Å². The van der Waals surface area contributed by atoms with Crippen molar-refractivity contribution in [2.45, 2.75) is 19.4 Å². The van der Waals surface area contributed by atoms with Crippen LogP contribution in [0.3, 0.4) is 0 Å². The van der Waals surface area contributed by atoms with Gasteiger partial charge in [0.05, 0.1) is 25.0 Å². The third-order valence-corrected chi connectivity index (χ3v) is 3.27. The lowest BCUT2D eigenvalue weighted by Crippen LogP contribution is -2.50. The first-order valence-electron chi connectivity index (χ1n) is 5.72. The number of carbonyl (C=O) groups excluding carboxylic acids is 1. The summed E-state index contributed by atoms with van der Waals surface area (Å²) in [6.07, 6.45) is 4.11. The fourth-order valence-corrected chi connectivity index (χ4v) is 1.86. The predicted octanol–water partition coefficient (Wildman–Crippen LogP) is -0.568. The first-order valence-corrected chi connectivity index (χ1v) is 5.72. The molecule has 2 rings (SSSR count). The lowest BCUT2D eigenvalue weighted by Gasteiger charge is -2.25. The molecule has 17 heavy (non-hydrogen) atoms. The highest BCUT2D eigenvalue weighted by atomic mass is 16.5. The lowest BCUT2D eigenvalue weighted by molar-refractivity contribution is -0.130. The van der Waals surface area contributed by atoms with E-state index < -0.39 is 5.41 Å². The average Bonchev–Trinajstić information content (AvgIpc) is 2.91. The van der Waals surface area contributed by atoms with Gasteiger partial charge in [0, 0.05) is 30.9 Å². The van der Waals surface area contributed by atoms with Crippen LogP contribution in [0.15, 0.2) is 12.5 Å². The molecule has 6 nitrogen and oxygen atoms in total. The van der Waals surface area contributed by atoms with Gasteiger partial charge in [0.1, 0.15) is 0 Å². The number of H-pyrrole nitrogens is 1. The van der Waals surface area contributed by atoms with Crippen molar-refractivity contribution in [3.05, 3.63) is 18.2 Å². The lowest BCUT2D eigenvalue weighted by atomic mass is 9.85. The van der Waals surface area contributed by atoms with Gasteiger partial charge in [0.25, 0.3) is 0 Å². The monoisotopic (exact) mass is 238 g/mol. The number of ether oxygens (including phenoxy) is 1. The normalized spacial score (nSPS) is 28.2. The van der Waals surface area contributed by atoms with Crippen LogP contribution in [0.4, 0.5) is 0 Å². The second-order valence-electron chi connectivity index (χ2n) is 4.62. The van der Waals surface area contributed by atoms with E-state index in [2.05, 4.69) is 15.3 Å². The van der Waals surface area contributed by atoms with E-state index in [4.69, 9.17) is 10.5 Å². The second-order valence-corrected chi connectivity index (χ2v) is 4.62. The fraction of sp³-hybridized carbons (Fsp3) is 0.636. The number of carbonyl (C=O) groups is 1. The van der Waals surface area contributed by atoms with Gasteiger partial charge in [-0.3, -0.25) is 4.79 Å². The van der Waals surface area contributed by atoms with Gasteiger partial charge in [-0.25, -0.2) is 4.98 Å². The number of imidazole rings is 1. The molecule has 0 radical (unpaired) electrons. The van der Waals surface area contributed by atoms with Crippen LogP contribution in [0.5, 0.6) is 0 Å². The summed E-state index contributed by atoms with van der Waals surface area (Å²) in [4.78, 5) is 18.9. The van der Waals surface area contributed by atoms with Crippen LogP contribution < -0.4 is 11.1 Å². The van der Waals surface area contributed by atoms with Gasteiger partial charge in [0.2, 0.25) is 5.91 Å². The van der Waals surface area contributed by atoms with Gasteiger partial charge in [-0.05, 0) is 6.92 Å². The number of aromatic nitrogens is 2. The van der Waals surface area contributed by atoms with Gasteiger partial charge in [-0.15, -0.1) is 0 Å². The molecule has 0 bridgehead atoms. The SMILES string of the molecule is CC1(C(=O)NCCc2cnc[nH]2)COCC1N. The number of amides is 1. The molecule has 1 aliphatic rings. The maximum atomic E-state index is 12.0. The van der Waals surface area contributed by atoms with Crippen LogP contribution in [0, 0.1) is 5.41 Å². The number of nitrogens with one attached hydrogen (secondary N) is 2. The molecule has 0 aromatic carbocycles. The van der Waals surface area contributed by atoms with Gasteiger partial charge >= 0.3 is 0 Å². The van der Waals surface area contributed by atoms with Gasteiger partial charge in [-0.1, -0.05) is 0 Å². The third-order valence-electron chi connectivity index (χ3n) is 3.27. The number of rotatable bonds is 4. The molecule has 2 unspecified atom stereocenters. The standard InChI is InChI=1S/C11H18N4O2/c1-11(6-17-5-9(11)12)10(16)14-3-2-8-4-13-7-15-8/h4,7,9H,2-3,5-6,12H2,1H3,(H,13,15)(H,14,16). The van der Waals surface area contributed by atoms with E-state index in [0.717, 1.165) is 12.1 Å². The van der Waals surface area contributed by atoms with E-state index in [1.165, 1.54) is 0 Å². The van der Waals surface area contributed by atoms with Gasteiger partial charge < -0.3 is 20.8 Å². The molecular weight excluding hydrogens is 220 g/mol. The summed E-state index contributed by atoms with van der Waals surface area (Å²) in [6, 6.07) is -0.227.